The van der Waals surface area contributed by atoms with Crippen LogP contribution in [0.2, 0.25) is 0 Å². The maximum Gasteiger partial charge on any atom is 0.340 e. The number of aryl methyl sites for hydroxylation is 1. The first-order valence-electron chi connectivity index (χ1n) is 7.88. The molecule has 0 bridgehead atoms. The van der Waals surface area contributed by atoms with Gasteiger partial charge in [-0.3, -0.25) is 4.79 Å². The molecule has 1 heterocycles. The Labute approximate surface area is 142 Å². The van der Waals surface area contributed by atoms with E-state index in [0.29, 0.717) is 36.4 Å². The molecule has 0 spiro atoms. The number of carbonyl (C=O) groups excluding carboxylic acids is 2. The lowest BCUT2D eigenvalue weighted by Gasteiger charge is -2.17. The maximum atomic E-state index is 12.8. The topological polar surface area (TPSA) is 55.8 Å². The summed E-state index contributed by atoms with van der Waals surface area (Å²) in [6, 6.07) is 7.78. The van der Waals surface area contributed by atoms with E-state index in [9.17, 15) is 9.59 Å². The van der Waals surface area contributed by atoms with Crippen LogP contribution >= 0.6 is 0 Å². The average Bonchev–Trinajstić information content (AvgIpc) is 2.79. The van der Waals surface area contributed by atoms with E-state index in [0.717, 1.165) is 11.1 Å². The maximum absolute atomic E-state index is 12.8. The van der Waals surface area contributed by atoms with Crippen molar-refractivity contribution in [3.63, 3.8) is 0 Å². The lowest BCUT2D eigenvalue weighted by atomic mass is 10.0. The first-order chi connectivity index (χ1) is 11.5. The second-order valence-electron chi connectivity index (χ2n) is 5.73. The van der Waals surface area contributed by atoms with Crippen molar-refractivity contribution in [1.29, 1.82) is 0 Å². The number of amides is 1. The number of rotatable bonds is 6. The van der Waals surface area contributed by atoms with E-state index in [4.69, 9.17) is 9.47 Å². The Morgan fingerprint density at radius 1 is 1.25 bits per heavy atom. The number of benzene rings is 1. The Kier molecular flexibility index (Phi) is 5.93. The molecule has 0 fully saturated rings. The third kappa shape index (κ3) is 3.74. The highest BCUT2D eigenvalue weighted by Crippen LogP contribution is 2.31. The van der Waals surface area contributed by atoms with Crippen molar-refractivity contribution in [2.75, 3.05) is 27.4 Å². The van der Waals surface area contributed by atoms with E-state index in [1.807, 2.05) is 31.2 Å². The van der Waals surface area contributed by atoms with Gasteiger partial charge < -0.3 is 14.4 Å². The molecule has 1 aromatic carbocycles. The van der Waals surface area contributed by atoms with Gasteiger partial charge in [0.2, 0.25) is 0 Å². The molecular weight excluding hydrogens is 306 g/mol. The summed E-state index contributed by atoms with van der Waals surface area (Å²) < 4.78 is 9.92. The molecule has 0 aliphatic carbocycles. The molecule has 0 aromatic heterocycles. The minimum Gasteiger partial charge on any atom is -0.465 e. The van der Waals surface area contributed by atoms with Crippen molar-refractivity contribution in [1.82, 2.24) is 4.90 Å². The summed E-state index contributed by atoms with van der Waals surface area (Å²) in [5.74, 6) is -0.667. The summed E-state index contributed by atoms with van der Waals surface area (Å²) >= 11 is 0. The number of carbonyl (C=O) groups is 2. The van der Waals surface area contributed by atoms with Gasteiger partial charge in [0.15, 0.2) is 0 Å². The van der Waals surface area contributed by atoms with Gasteiger partial charge in [0.1, 0.15) is 0 Å². The molecular formula is C19H23NO4. The summed E-state index contributed by atoms with van der Waals surface area (Å²) in [4.78, 5) is 26.6. The van der Waals surface area contributed by atoms with Crippen LogP contribution < -0.4 is 0 Å². The zero-order valence-electron chi connectivity index (χ0n) is 14.6. The fourth-order valence-electron chi connectivity index (χ4n) is 2.79. The predicted octanol–water partition coefficient (Wildman–Crippen LogP) is 2.70. The first kappa shape index (κ1) is 17.9. The van der Waals surface area contributed by atoms with E-state index < -0.39 is 5.97 Å². The number of hydrogen-bond acceptors (Lipinski definition) is 4. The second-order valence-corrected chi connectivity index (χ2v) is 5.73. The molecule has 0 radical (unpaired) electrons. The lowest BCUT2D eigenvalue weighted by Crippen LogP contribution is -2.26. The predicted molar refractivity (Wildman–Crippen MR) is 92.1 cm³/mol. The Balaban J connectivity index is 2.41. The summed E-state index contributed by atoms with van der Waals surface area (Å²) in [6.45, 7) is 4.82. The molecule has 1 aliphatic heterocycles. The quantitative estimate of drug-likeness (QED) is 0.457. The minimum absolute atomic E-state index is 0.175. The van der Waals surface area contributed by atoms with Crippen LogP contribution in [0.5, 0.6) is 0 Å². The van der Waals surface area contributed by atoms with E-state index in [1.54, 1.807) is 25.0 Å². The normalized spacial score (nSPS) is 16.2. The van der Waals surface area contributed by atoms with Crippen LogP contribution in [0.15, 0.2) is 41.1 Å². The Bertz CT molecular complexity index is 703. The largest absolute Gasteiger partial charge is 0.465 e. The van der Waals surface area contributed by atoms with E-state index in [1.165, 1.54) is 7.11 Å². The molecule has 1 aromatic rings. The van der Waals surface area contributed by atoms with Crippen LogP contribution in [0.25, 0.3) is 6.08 Å². The van der Waals surface area contributed by atoms with E-state index in [2.05, 4.69) is 0 Å². The van der Waals surface area contributed by atoms with Crippen LogP contribution in [-0.2, 0) is 19.1 Å². The fourth-order valence-corrected chi connectivity index (χ4v) is 2.79. The van der Waals surface area contributed by atoms with Gasteiger partial charge >= 0.3 is 5.97 Å². The number of methoxy groups -OCH3 is 2. The van der Waals surface area contributed by atoms with Gasteiger partial charge in [-0.15, -0.1) is 0 Å². The van der Waals surface area contributed by atoms with Crippen molar-refractivity contribution < 1.29 is 19.1 Å². The smallest absolute Gasteiger partial charge is 0.340 e. The third-order valence-electron chi connectivity index (χ3n) is 3.98. The first-order valence-corrected chi connectivity index (χ1v) is 7.88. The Hall–Kier alpha value is -2.40. The van der Waals surface area contributed by atoms with Gasteiger partial charge in [-0.05, 0) is 31.9 Å². The van der Waals surface area contributed by atoms with Crippen LogP contribution in [0.1, 0.15) is 24.5 Å². The molecule has 5 nitrogen and oxygen atoms in total. The van der Waals surface area contributed by atoms with Gasteiger partial charge in [-0.1, -0.05) is 29.8 Å². The molecule has 1 aliphatic rings. The number of esters is 1. The number of nitrogens with zero attached hydrogens (tertiary/aromatic N) is 1. The number of allylic oxidation sites excluding steroid dienone is 1. The fraction of sp³-hybridized carbons (Fsp3) is 0.368. The van der Waals surface area contributed by atoms with Gasteiger partial charge in [0.05, 0.1) is 18.3 Å². The summed E-state index contributed by atoms with van der Waals surface area (Å²) in [5.41, 5.74) is 3.31. The monoisotopic (exact) mass is 329 g/mol. The highest BCUT2D eigenvalue weighted by Gasteiger charge is 2.36. The van der Waals surface area contributed by atoms with Crippen LogP contribution in [-0.4, -0.2) is 44.1 Å². The summed E-state index contributed by atoms with van der Waals surface area (Å²) in [7, 11) is 2.95. The van der Waals surface area contributed by atoms with Gasteiger partial charge in [-0.25, -0.2) is 4.79 Å². The SMILES string of the molecule is COCCCN1C(=O)/C(=C\c2cccc(C)c2)C(C(=O)OC)=C1C. The third-order valence-corrected chi connectivity index (χ3v) is 3.98. The standard InChI is InChI=1S/C19H23NO4/c1-13-7-5-8-15(11-13)12-16-17(19(22)24-4)14(2)20(18(16)21)9-6-10-23-3/h5,7-8,11-12H,6,9-10H2,1-4H3/b16-12-. The minimum atomic E-state index is -0.492. The van der Waals surface area contributed by atoms with Crippen molar-refractivity contribution in [2.24, 2.45) is 0 Å². The van der Waals surface area contributed by atoms with Crippen molar-refractivity contribution in [3.05, 3.63) is 52.2 Å². The second kappa shape index (κ2) is 7.93. The van der Waals surface area contributed by atoms with Crippen LogP contribution in [0.4, 0.5) is 0 Å². The molecule has 1 amide bonds. The molecule has 24 heavy (non-hydrogen) atoms. The van der Waals surface area contributed by atoms with Gasteiger partial charge in [0.25, 0.3) is 5.91 Å². The number of ether oxygens (including phenoxy) is 2. The Morgan fingerprint density at radius 3 is 2.62 bits per heavy atom. The molecule has 0 unspecified atom stereocenters. The molecule has 128 valence electrons. The van der Waals surface area contributed by atoms with Crippen molar-refractivity contribution >= 4 is 18.0 Å². The average molecular weight is 329 g/mol. The molecule has 0 atom stereocenters. The molecule has 2 rings (SSSR count). The highest BCUT2D eigenvalue weighted by molar-refractivity contribution is 6.16. The highest BCUT2D eigenvalue weighted by atomic mass is 16.5. The zero-order chi connectivity index (χ0) is 17.7. The lowest BCUT2D eigenvalue weighted by molar-refractivity contribution is -0.136. The molecule has 0 N–H and O–H groups in total. The molecule has 0 saturated carbocycles. The summed E-state index contributed by atoms with van der Waals surface area (Å²) in [6.07, 6.45) is 2.45. The van der Waals surface area contributed by atoms with Crippen LogP contribution in [0, 0.1) is 6.92 Å². The Morgan fingerprint density at radius 2 is 2.00 bits per heavy atom. The zero-order valence-corrected chi connectivity index (χ0v) is 14.6. The van der Waals surface area contributed by atoms with Crippen molar-refractivity contribution in [2.45, 2.75) is 20.3 Å². The molecule has 5 heteroatoms. The van der Waals surface area contributed by atoms with E-state index >= 15 is 0 Å². The molecule has 0 saturated heterocycles. The summed E-state index contributed by atoms with van der Waals surface area (Å²) in [5, 5.41) is 0. The van der Waals surface area contributed by atoms with Crippen LogP contribution in [0.3, 0.4) is 0 Å². The number of hydrogen-bond donors (Lipinski definition) is 0. The van der Waals surface area contributed by atoms with Crippen molar-refractivity contribution in [3.8, 4) is 0 Å². The van der Waals surface area contributed by atoms with E-state index in [-0.39, 0.29) is 5.91 Å². The van der Waals surface area contributed by atoms with Gasteiger partial charge in [0, 0.05) is 26.0 Å². The van der Waals surface area contributed by atoms with Gasteiger partial charge in [-0.2, -0.15) is 0 Å².